The van der Waals surface area contributed by atoms with Gasteiger partial charge in [0, 0.05) is 24.9 Å². The monoisotopic (exact) mass is 360 g/mol. The number of likely N-dealkylation sites (tertiary alicyclic amines) is 2. The summed E-state index contributed by atoms with van der Waals surface area (Å²) in [6.45, 7) is 5.91. The molecule has 3 heterocycles. The quantitative estimate of drug-likeness (QED) is 0.808. The predicted molar refractivity (Wildman–Crippen MR) is 98.4 cm³/mol. The van der Waals surface area contributed by atoms with Crippen LogP contribution in [0, 0.1) is 11.8 Å². The molecular weight excluding hydrogens is 328 g/mol. The van der Waals surface area contributed by atoms with Gasteiger partial charge < -0.3 is 9.32 Å². The van der Waals surface area contributed by atoms with E-state index in [2.05, 4.69) is 20.0 Å². The molecule has 2 aliphatic heterocycles. The minimum absolute atomic E-state index is 0.348. The van der Waals surface area contributed by atoms with Gasteiger partial charge >= 0.3 is 0 Å². The largest absolute Gasteiger partial charge is 0.424 e. The average Bonchev–Trinajstić information content (AvgIpc) is 3.46. The molecule has 1 saturated carbocycles. The standard InChI is InChI=1S/C20H32N4O2/c1-2-18-21-22-19(26-18)14-23-12-9-15(10-13-23)17-6-4-3-5-11-24(17)20(25)16-7-8-16/h15-17H,2-14H2,1H3/t17-/m1/s1. The van der Waals surface area contributed by atoms with Gasteiger partial charge in [-0.15, -0.1) is 10.2 Å². The van der Waals surface area contributed by atoms with Gasteiger partial charge in [-0.05, 0) is 57.5 Å². The molecule has 0 unspecified atom stereocenters. The van der Waals surface area contributed by atoms with Crippen molar-refractivity contribution in [3.05, 3.63) is 11.8 Å². The Morgan fingerprint density at radius 1 is 1.00 bits per heavy atom. The molecule has 6 heteroatoms. The molecule has 0 bridgehead atoms. The zero-order valence-electron chi connectivity index (χ0n) is 16.0. The van der Waals surface area contributed by atoms with Gasteiger partial charge in [0.1, 0.15) is 0 Å². The lowest BCUT2D eigenvalue weighted by atomic mass is 9.86. The normalized spacial score (nSPS) is 26.0. The van der Waals surface area contributed by atoms with Crippen LogP contribution in [0.25, 0.3) is 0 Å². The van der Waals surface area contributed by atoms with Crippen molar-refractivity contribution in [1.29, 1.82) is 0 Å². The fourth-order valence-corrected chi connectivity index (χ4v) is 4.64. The molecule has 144 valence electrons. The van der Waals surface area contributed by atoms with Crippen molar-refractivity contribution in [2.24, 2.45) is 11.8 Å². The molecule has 1 amide bonds. The van der Waals surface area contributed by atoms with Crippen LogP contribution in [0.5, 0.6) is 0 Å². The number of hydrogen-bond acceptors (Lipinski definition) is 5. The van der Waals surface area contributed by atoms with Crippen LogP contribution in [-0.2, 0) is 17.8 Å². The van der Waals surface area contributed by atoms with Gasteiger partial charge in [-0.25, -0.2) is 0 Å². The van der Waals surface area contributed by atoms with E-state index in [9.17, 15) is 4.79 Å². The smallest absolute Gasteiger partial charge is 0.230 e. The molecule has 1 atom stereocenters. The lowest BCUT2D eigenvalue weighted by Gasteiger charge is -2.40. The number of amides is 1. The number of hydrogen-bond donors (Lipinski definition) is 0. The lowest BCUT2D eigenvalue weighted by Crippen LogP contribution is -2.48. The third-order valence-corrected chi connectivity index (χ3v) is 6.36. The van der Waals surface area contributed by atoms with E-state index in [1.807, 2.05) is 6.92 Å². The SMILES string of the molecule is CCc1nnc(CN2CCC([C@H]3CCCCCN3C(=O)C3CC3)CC2)o1. The van der Waals surface area contributed by atoms with Crippen LogP contribution in [0.3, 0.4) is 0 Å². The van der Waals surface area contributed by atoms with Gasteiger partial charge in [-0.3, -0.25) is 9.69 Å². The van der Waals surface area contributed by atoms with E-state index in [4.69, 9.17) is 4.42 Å². The summed E-state index contributed by atoms with van der Waals surface area (Å²) in [4.78, 5) is 17.5. The van der Waals surface area contributed by atoms with Gasteiger partial charge in [0.15, 0.2) is 0 Å². The Balaban J connectivity index is 1.33. The molecule has 4 rings (SSSR count). The van der Waals surface area contributed by atoms with Crippen LogP contribution < -0.4 is 0 Å². The van der Waals surface area contributed by atoms with Gasteiger partial charge in [0.05, 0.1) is 6.54 Å². The Hall–Kier alpha value is -1.43. The van der Waals surface area contributed by atoms with Crippen LogP contribution in [0.1, 0.15) is 70.1 Å². The molecule has 6 nitrogen and oxygen atoms in total. The van der Waals surface area contributed by atoms with Crippen LogP contribution in [-0.4, -0.2) is 51.6 Å². The van der Waals surface area contributed by atoms with E-state index < -0.39 is 0 Å². The average molecular weight is 361 g/mol. The molecule has 0 spiro atoms. The lowest BCUT2D eigenvalue weighted by molar-refractivity contribution is -0.136. The number of rotatable bonds is 5. The summed E-state index contributed by atoms with van der Waals surface area (Å²) in [6.07, 6.45) is 10.3. The van der Waals surface area contributed by atoms with Crippen molar-refractivity contribution in [3.63, 3.8) is 0 Å². The highest BCUT2D eigenvalue weighted by atomic mass is 16.4. The summed E-state index contributed by atoms with van der Waals surface area (Å²) in [6, 6.07) is 0.475. The molecule has 26 heavy (non-hydrogen) atoms. The van der Waals surface area contributed by atoms with Gasteiger partial charge in [0.2, 0.25) is 17.7 Å². The zero-order chi connectivity index (χ0) is 17.9. The first kappa shape index (κ1) is 18.0. The maximum absolute atomic E-state index is 12.8. The highest BCUT2D eigenvalue weighted by Gasteiger charge is 2.39. The first-order chi connectivity index (χ1) is 12.7. The number of piperidine rings is 1. The fraction of sp³-hybridized carbons (Fsp3) is 0.850. The highest BCUT2D eigenvalue weighted by Crippen LogP contribution is 2.36. The molecule has 1 aromatic heterocycles. The maximum atomic E-state index is 12.8. The van der Waals surface area contributed by atoms with E-state index >= 15 is 0 Å². The van der Waals surface area contributed by atoms with E-state index in [0.29, 0.717) is 23.8 Å². The minimum atomic E-state index is 0.348. The summed E-state index contributed by atoms with van der Waals surface area (Å²) in [5, 5.41) is 8.22. The molecule has 3 fully saturated rings. The van der Waals surface area contributed by atoms with Crippen LogP contribution in [0.15, 0.2) is 4.42 Å². The summed E-state index contributed by atoms with van der Waals surface area (Å²) in [5.41, 5.74) is 0. The predicted octanol–water partition coefficient (Wildman–Crippen LogP) is 3.03. The molecule has 3 aliphatic rings. The van der Waals surface area contributed by atoms with Crippen LogP contribution in [0.4, 0.5) is 0 Å². The van der Waals surface area contributed by atoms with Crippen molar-refractivity contribution in [2.75, 3.05) is 19.6 Å². The summed E-state index contributed by atoms with van der Waals surface area (Å²) >= 11 is 0. The van der Waals surface area contributed by atoms with Crippen molar-refractivity contribution < 1.29 is 9.21 Å². The minimum Gasteiger partial charge on any atom is -0.424 e. The molecule has 0 aromatic carbocycles. The van der Waals surface area contributed by atoms with E-state index in [0.717, 1.165) is 57.2 Å². The van der Waals surface area contributed by atoms with E-state index in [1.54, 1.807) is 0 Å². The summed E-state index contributed by atoms with van der Waals surface area (Å²) < 4.78 is 5.66. The van der Waals surface area contributed by atoms with E-state index in [1.165, 1.54) is 38.5 Å². The van der Waals surface area contributed by atoms with Gasteiger partial charge in [-0.2, -0.15) is 0 Å². The molecule has 1 aliphatic carbocycles. The second-order valence-electron chi connectivity index (χ2n) is 8.28. The fourth-order valence-electron chi connectivity index (χ4n) is 4.64. The Morgan fingerprint density at radius 3 is 2.46 bits per heavy atom. The summed E-state index contributed by atoms with van der Waals surface area (Å²) in [5.74, 6) is 2.92. The maximum Gasteiger partial charge on any atom is 0.230 e. The Morgan fingerprint density at radius 2 is 1.77 bits per heavy atom. The van der Waals surface area contributed by atoms with Gasteiger partial charge in [0.25, 0.3) is 0 Å². The number of carbonyl (C=O) groups is 1. The Kier molecular flexibility index (Phi) is 5.57. The Bertz CT molecular complexity index is 605. The molecule has 0 radical (unpaired) electrons. The van der Waals surface area contributed by atoms with Crippen molar-refractivity contribution >= 4 is 5.91 Å². The first-order valence-electron chi connectivity index (χ1n) is 10.6. The van der Waals surface area contributed by atoms with Crippen molar-refractivity contribution in [2.45, 2.75) is 77.3 Å². The zero-order valence-corrected chi connectivity index (χ0v) is 16.0. The van der Waals surface area contributed by atoms with E-state index in [-0.39, 0.29) is 0 Å². The molecule has 2 saturated heterocycles. The van der Waals surface area contributed by atoms with Crippen LogP contribution in [0.2, 0.25) is 0 Å². The molecule has 1 aromatic rings. The van der Waals surface area contributed by atoms with Crippen molar-refractivity contribution in [1.82, 2.24) is 20.0 Å². The summed E-state index contributed by atoms with van der Waals surface area (Å²) in [7, 11) is 0. The molecule has 0 N–H and O–H groups in total. The topological polar surface area (TPSA) is 62.5 Å². The number of nitrogens with zero attached hydrogens (tertiary/aromatic N) is 4. The highest BCUT2D eigenvalue weighted by molar-refractivity contribution is 5.81. The van der Waals surface area contributed by atoms with Crippen LogP contribution >= 0.6 is 0 Å². The second kappa shape index (κ2) is 8.07. The van der Waals surface area contributed by atoms with Gasteiger partial charge in [-0.1, -0.05) is 19.8 Å². The Labute approximate surface area is 156 Å². The van der Waals surface area contributed by atoms with Crippen molar-refractivity contribution in [3.8, 4) is 0 Å². The first-order valence-corrected chi connectivity index (χ1v) is 10.6. The molecular formula is C20H32N4O2. The third-order valence-electron chi connectivity index (χ3n) is 6.36. The number of aryl methyl sites for hydroxylation is 1. The second-order valence-corrected chi connectivity index (χ2v) is 8.28. The number of carbonyl (C=O) groups excluding carboxylic acids is 1. The number of aromatic nitrogens is 2. The third kappa shape index (κ3) is 4.11.